The number of hydrogen-bond acceptors (Lipinski definition) is 4. The molecule has 1 amide bonds. The zero-order valence-corrected chi connectivity index (χ0v) is 16.4. The van der Waals surface area contributed by atoms with Crippen LogP contribution in [0.5, 0.6) is 0 Å². The highest BCUT2D eigenvalue weighted by Gasteiger charge is 2.21. The molecule has 3 aromatic rings. The van der Waals surface area contributed by atoms with Crippen molar-refractivity contribution in [2.45, 2.75) is 10.6 Å². The maximum atomic E-state index is 12.9. The zero-order valence-electron chi connectivity index (χ0n) is 14.7. The minimum Gasteiger partial charge on any atom is -0.340 e. The Hall–Kier alpha value is -2.24. The van der Waals surface area contributed by atoms with E-state index in [2.05, 4.69) is 22.4 Å². The molecule has 1 N–H and O–H groups in total. The van der Waals surface area contributed by atoms with E-state index in [1.807, 2.05) is 84.2 Å². The summed E-state index contributed by atoms with van der Waals surface area (Å²) in [4.78, 5) is 17.3. The van der Waals surface area contributed by atoms with Gasteiger partial charge in [0.25, 0.3) is 5.91 Å². The molecule has 1 aromatic heterocycles. The Bertz CT molecular complexity index is 840. The average Bonchev–Trinajstić information content (AvgIpc) is 3.28. The molecule has 136 valence electrons. The third kappa shape index (κ3) is 4.37. The summed E-state index contributed by atoms with van der Waals surface area (Å²) in [6.07, 6.45) is 1.75. The maximum Gasteiger partial charge on any atom is 0.252 e. The van der Waals surface area contributed by atoms with Crippen LogP contribution in [0.3, 0.4) is 0 Å². The van der Waals surface area contributed by atoms with Gasteiger partial charge in [-0.2, -0.15) is 0 Å². The molecule has 4 rings (SSSR count). The highest BCUT2D eigenvalue weighted by atomic mass is 32.2. The first kappa shape index (κ1) is 18.1. The number of pyridine rings is 1. The molecule has 5 heteroatoms. The highest BCUT2D eigenvalue weighted by Crippen LogP contribution is 2.45. The molecule has 1 aliphatic rings. The normalized spacial score (nSPS) is 15.4. The van der Waals surface area contributed by atoms with Gasteiger partial charge in [0.1, 0.15) is 0 Å². The molecule has 1 atom stereocenters. The van der Waals surface area contributed by atoms with E-state index in [9.17, 15) is 4.79 Å². The van der Waals surface area contributed by atoms with Gasteiger partial charge < -0.3 is 5.32 Å². The van der Waals surface area contributed by atoms with Crippen LogP contribution in [0.2, 0.25) is 0 Å². The molecule has 1 fully saturated rings. The lowest BCUT2D eigenvalue weighted by Crippen LogP contribution is -2.29. The SMILES string of the molecule is O=C(NC(c1ccccc1)c1ccccn1)c1ccc(C2SCCS2)cc1. The first-order chi connectivity index (χ1) is 13.3. The molecule has 1 saturated heterocycles. The molecule has 0 bridgehead atoms. The molecule has 0 aliphatic carbocycles. The van der Waals surface area contributed by atoms with Gasteiger partial charge in [-0.1, -0.05) is 48.5 Å². The van der Waals surface area contributed by atoms with E-state index in [-0.39, 0.29) is 11.9 Å². The van der Waals surface area contributed by atoms with Crippen molar-refractivity contribution in [1.82, 2.24) is 10.3 Å². The second kappa shape index (κ2) is 8.63. The maximum absolute atomic E-state index is 12.9. The number of benzene rings is 2. The molecule has 2 aromatic carbocycles. The summed E-state index contributed by atoms with van der Waals surface area (Å²) in [6.45, 7) is 0. The van der Waals surface area contributed by atoms with Crippen molar-refractivity contribution >= 4 is 29.4 Å². The first-order valence-corrected chi connectivity index (χ1v) is 11.0. The van der Waals surface area contributed by atoms with Gasteiger partial charge in [-0.25, -0.2) is 0 Å². The van der Waals surface area contributed by atoms with Gasteiger partial charge in [-0.3, -0.25) is 9.78 Å². The topological polar surface area (TPSA) is 42.0 Å². The summed E-state index contributed by atoms with van der Waals surface area (Å²) in [5.41, 5.74) is 3.79. The van der Waals surface area contributed by atoms with E-state index < -0.39 is 0 Å². The smallest absolute Gasteiger partial charge is 0.252 e. The molecule has 0 spiro atoms. The Morgan fingerprint density at radius 2 is 1.63 bits per heavy atom. The summed E-state index contributed by atoms with van der Waals surface area (Å²) in [6, 6.07) is 23.4. The molecular weight excluding hydrogens is 372 g/mol. The summed E-state index contributed by atoms with van der Waals surface area (Å²) >= 11 is 3.94. The van der Waals surface area contributed by atoms with Crippen LogP contribution in [0.25, 0.3) is 0 Å². The molecule has 2 heterocycles. The van der Waals surface area contributed by atoms with Crippen molar-refractivity contribution in [1.29, 1.82) is 0 Å². The van der Waals surface area contributed by atoms with Crippen molar-refractivity contribution in [2.75, 3.05) is 11.5 Å². The van der Waals surface area contributed by atoms with Gasteiger partial charge in [-0.15, -0.1) is 23.5 Å². The average molecular weight is 393 g/mol. The fraction of sp³-hybridized carbons (Fsp3) is 0.182. The second-order valence-electron chi connectivity index (χ2n) is 6.27. The van der Waals surface area contributed by atoms with Crippen LogP contribution in [0, 0.1) is 0 Å². The number of rotatable bonds is 5. The lowest BCUT2D eigenvalue weighted by Gasteiger charge is -2.19. The van der Waals surface area contributed by atoms with Crippen LogP contribution >= 0.6 is 23.5 Å². The molecule has 0 radical (unpaired) electrons. The van der Waals surface area contributed by atoms with E-state index >= 15 is 0 Å². The third-order valence-corrected chi connectivity index (χ3v) is 7.56. The van der Waals surface area contributed by atoms with Crippen molar-refractivity contribution in [2.24, 2.45) is 0 Å². The summed E-state index contributed by atoms with van der Waals surface area (Å²) in [5.74, 6) is 2.30. The predicted octanol–water partition coefficient (Wildman–Crippen LogP) is 5.08. The summed E-state index contributed by atoms with van der Waals surface area (Å²) in [7, 11) is 0. The second-order valence-corrected chi connectivity index (χ2v) is 8.99. The minimum absolute atomic E-state index is 0.0900. The van der Waals surface area contributed by atoms with Gasteiger partial charge >= 0.3 is 0 Å². The van der Waals surface area contributed by atoms with Gasteiger partial charge in [0.2, 0.25) is 0 Å². The van der Waals surface area contributed by atoms with E-state index in [0.717, 1.165) is 11.3 Å². The molecule has 0 saturated carbocycles. The molecule has 27 heavy (non-hydrogen) atoms. The Kier molecular flexibility index (Phi) is 5.80. The number of thioether (sulfide) groups is 2. The fourth-order valence-corrected chi connectivity index (χ4v) is 5.94. The van der Waals surface area contributed by atoms with Crippen LogP contribution in [0.1, 0.15) is 37.8 Å². The predicted molar refractivity (Wildman–Crippen MR) is 114 cm³/mol. The Labute approximate surface area is 168 Å². The van der Waals surface area contributed by atoms with Crippen molar-refractivity contribution in [3.05, 3.63) is 101 Å². The number of aromatic nitrogens is 1. The van der Waals surface area contributed by atoms with Crippen molar-refractivity contribution in [3.63, 3.8) is 0 Å². The van der Waals surface area contributed by atoms with Gasteiger partial charge in [0.15, 0.2) is 0 Å². The summed E-state index contributed by atoms with van der Waals surface area (Å²) in [5, 5.41) is 3.14. The number of amides is 1. The minimum atomic E-state index is -0.277. The Morgan fingerprint density at radius 3 is 2.30 bits per heavy atom. The lowest BCUT2D eigenvalue weighted by atomic mass is 10.0. The quantitative estimate of drug-likeness (QED) is 0.657. The van der Waals surface area contributed by atoms with Crippen molar-refractivity contribution < 1.29 is 4.79 Å². The van der Waals surface area contributed by atoms with Crippen molar-refractivity contribution in [3.8, 4) is 0 Å². The Balaban J connectivity index is 1.55. The first-order valence-electron chi connectivity index (χ1n) is 8.91. The van der Waals surface area contributed by atoms with Gasteiger partial charge in [0.05, 0.1) is 16.3 Å². The zero-order chi connectivity index (χ0) is 18.5. The van der Waals surface area contributed by atoms with Gasteiger partial charge in [0, 0.05) is 23.3 Å². The van der Waals surface area contributed by atoms with E-state index in [1.54, 1.807) is 6.20 Å². The Morgan fingerprint density at radius 1 is 0.926 bits per heavy atom. The highest BCUT2D eigenvalue weighted by molar-refractivity contribution is 8.19. The van der Waals surface area contributed by atoms with E-state index in [1.165, 1.54) is 17.1 Å². The number of carbonyl (C=O) groups is 1. The van der Waals surface area contributed by atoms with Crippen LogP contribution < -0.4 is 5.32 Å². The third-order valence-electron chi connectivity index (χ3n) is 4.46. The lowest BCUT2D eigenvalue weighted by molar-refractivity contribution is 0.0942. The monoisotopic (exact) mass is 392 g/mol. The fourth-order valence-electron chi connectivity index (χ4n) is 3.08. The van der Waals surface area contributed by atoms with E-state index in [0.29, 0.717) is 10.1 Å². The number of hydrogen-bond donors (Lipinski definition) is 1. The van der Waals surface area contributed by atoms with Crippen LogP contribution in [0.15, 0.2) is 79.0 Å². The molecular formula is C22H20N2OS2. The molecule has 1 aliphatic heterocycles. The molecule has 1 unspecified atom stereocenters. The standard InChI is InChI=1S/C22H20N2OS2/c25-21(17-9-11-18(12-10-17)22-26-14-15-27-22)24-20(16-6-2-1-3-7-16)19-8-4-5-13-23-19/h1-13,20,22H,14-15H2,(H,24,25). The van der Waals surface area contributed by atoms with Crippen LogP contribution in [-0.4, -0.2) is 22.4 Å². The number of nitrogens with one attached hydrogen (secondary N) is 1. The number of carbonyl (C=O) groups excluding carboxylic acids is 1. The van der Waals surface area contributed by atoms with Gasteiger partial charge in [-0.05, 0) is 35.4 Å². The summed E-state index contributed by atoms with van der Waals surface area (Å²) < 4.78 is 0.493. The van der Waals surface area contributed by atoms with Crippen LogP contribution in [-0.2, 0) is 0 Å². The molecule has 3 nitrogen and oxygen atoms in total. The number of nitrogens with zero attached hydrogens (tertiary/aromatic N) is 1. The van der Waals surface area contributed by atoms with Crippen LogP contribution in [0.4, 0.5) is 0 Å². The van der Waals surface area contributed by atoms with E-state index in [4.69, 9.17) is 0 Å². The largest absolute Gasteiger partial charge is 0.340 e.